The van der Waals surface area contributed by atoms with E-state index in [2.05, 4.69) is 10.3 Å². The van der Waals surface area contributed by atoms with Crippen molar-refractivity contribution in [2.24, 2.45) is 0 Å². The molecule has 0 unspecified atom stereocenters. The second-order valence-corrected chi connectivity index (χ2v) is 7.35. The Morgan fingerprint density at radius 2 is 1.96 bits per heavy atom. The first-order valence-electron chi connectivity index (χ1n) is 7.61. The molecule has 2 N–H and O–H groups in total. The summed E-state index contributed by atoms with van der Waals surface area (Å²) < 4.78 is 7.40. The van der Waals surface area contributed by atoms with Crippen LogP contribution in [0.4, 0.5) is 0 Å². The van der Waals surface area contributed by atoms with E-state index in [0.29, 0.717) is 21.3 Å². The van der Waals surface area contributed by atoms with Crippen molar-refractivity contribution in [3.05, 3.63) is 57.7 Å². The molecule has 4 aromatic rings. The van der Waals surface area contributed by atoms with Gasteiger partial charge in [0.05, 0.1) is 26.8 Å². The van der Waals surface area contributed by atoms with Crippen molar-refractivity contribution in [3.63, 3.8) is 0 Å². The third kappa shape index (κ3) is 3.18. The van der Waals surface area contributed by atoms with Gasteiger partial charge < -0.3 is 14.7 Å². The van der Waals surface area contributed by atoms with Gasteiger partial charge in [-0.2, -0.15) is 5.10 Å². The third-order valence-corrected chi connectivity index (χ3v) is 5.13. The van der Waals surface area contributed by atoms with E-state index in [0.717, 1.165) is 4.88 Å². The predicted molar refractivity (Wildman–Crippen MR) is 97.6 cm³/mol. The van der Waals surface area contributed by atoms with Crippen LogP contribution in [0.25, 0.3) is 21.5 Å². The van der Waals surface area contributed by atoms with Crippen LogP contribution in [0.15, 0.2) is 40.9 Å². The van der Waals surface area contributed by atoms with E-state index in [4.69, 9.17) is 21.2 Å². The SMILES string of the molecule is O=C(O)c1ccc2c(c1)c(C(=O)O)nn2Cc1cc(-c2ccc(Cl)s2)on1. The van der Waals surface area contributed by atoms with Crippen molar-refractivity contribution in [2.75, 3.05) is 0 Å². The number of hydrogen-bond acceptors (Lipinski definition) is 6. The molecule has 0 bridgehead atoms. The van der Waals surface area contributed by atoms with Crippen molar-refractivity contribution in [1.29, 1.82) is 0 Å². The number of hydrogen-bond donors (Lipinski definition) is 2. The van der Waals surface area contributed by atoms with Gasteiger partial charge >= 0.3 is 11.9 Å². The highest BCUT2D eigenvalue weighted by Gasteiger charge is 2.19. The summed E-state index contributed by atoms with van der Waals surface area (Å²) in [5.74, 6) is -1.84. The van der Waals surface area contributed by atoms with Crippen LogP contribution < -0.4 is 0 Å². The molecule has 0 radical (unpaired) electrons. The molecule has 1 aromatic carbocycles. The lowest BCUT2D eigenvalue weighted by Gasteiger charge is -2.00. The first-order valence-corrected chi connectivity index (χ1v) is 8.80. The highest BCUT2D eigenvalue weighted by molar-refractivity contribution is 7.19. The highest BCUT2D eigenvalue weighted by atomic mass is 35.5. The van der Waals surface area contributed by atoms with Crippen LogP contribution in [0.2, 0.25) is 4.34 Å². The quantitative estimate of drug-likeness (QED) is 0.519. The third-order valence-electron chi connectivity index (χ3n) is 3.89. The van der Waals surface area contributed by atoms with Gasteiger partial charge in [0.1, 0.15) is 5.69 Å². The molecule has 0 saturated heterocycles. The highest BCUT2D eigenvalue weighted by Crippen LogP contribution is 2.31. The smallest absolute Gasteiger partial charge is 0.357 e. The van der Waals surface area contributed by atoms with Crippen LogP contribution >= 0.6 is 22.9 Å². The molecular formula is C17H10ClN3O5S. The van der Waals surface area contributed by atoms with Gasteiger partial charge in [0.15, 0.2) is 11.5 Å². The monoisotopic (exact) mass is 403 g/mol. The van der Waals surface area contributed by atoms with Crippen molar-refractivity contribution in [3.8, 4) is 10.6 Å². The first-order chi connectivity index (χ1) is 12.9. The summed E-state index contributed by atoms with van der Waals surface area (Å²) in [4.78, 5) is 23.5. The number of aromatic nitrogens is 3. The van der Waals surface area contributed by atoms with Crippen LogP contribution in [0, 0.1) is 0 Å². The number of carbonyl (C=O) groups is 2. The number of nitrogens with zero attached hydrogens (tertiary/aromatic N) is 3. The maximum atomic E-state index is 11.5. The van der Waals surface area contributed by atoms with Gasteiger partial charge in [-0.25, -0.2) is 9.59 Å². The van der Waals surface area contributed by atoms with Crippen molar-refractivity contribution < 1.29 is 24.3 Å². The summed E-state index contributed by atoms with van der Waals surface area (Å²) in [6, 6.07) is 9.52. The average Bonchev–Trinajstić information content (AvgIpc) is 3.33. The first kappa shape index (κ1) is 17.3. The van der Waals surface area contributed by atoms with E-state index in [1.54, 1.807) is 12.1 Å². The van der Waals surface area contributed by atoms with Crippen LogP contribution in [0.3, 0.4) is 0 Å². The summed E-state index contributed by atoms with van der Waals surface area (Å²) in [6.07, 6.45) is 0. The number of carboxylic acid groups (broad SMARTS) is 2. The zero-order chi connectivity index (χ0) is 19.1. The number of thiophene rings is 1. The van der Waals surface area contributed by atoms with Gasteiger partial charge in [-0.3, -0.25) is 4.68 Å². The largest absolute Gasteiger partial charge is 0.478 e. The maximum Gasteiger partial charge on any atom is 0.357 e. The summed E-state index contributed by atoms with van der Waals surface area (Å²) in [5, 5.41) is 26.8. The molecule has 136 valence electrons. The van der Waals surface area contributed by atoms with Gasteiger partial charge in [0.2, 0.25) is 0 Å². The minimum absolute atomic E-state index is 0.0113. The lowest BCUT2D eigenvalue weighted by Crippen LogP contribution is -2.04. The molecule has 3 heterocycles. The second kappa shape index (κ2) is 6.53. The summed E-state index contributed by atoms with van der Waals surface area (Å²) in [5.41, 5.74) is 0.795. The minimum atomic E-state index is -1.24. The standard InChI is InChI=1S/C17H10ClN3O5S/c18-14-4-3-13(27-14)12-6-9(20-26-12)7-21-11-2-1-8(16(22)23)5-10(11)15(19-21)17(24)25/h1-6H,7H2,(H,22,23)(H,24,25). The molecule has 0 spiro atoms. The van der Waals surface area contributed by atoms with Gasteiger partial charge in [-0.05, 0) is 30.3 Å². The van der Waals surface area contributed by atoms with Gasteiger partial charge in [0.25, 0.3) is 0 Å². The molecule has 0 aliphatic heterocycles. The van der Waals surface area contributed by atoms with Crippen LogP contribution in [0.1, 0.15) is 26.5 Å². The predicted octanol–water partition coefficient (Wildman–Crippen LogP) is 3.85. The van der Waals surface area contributed by atoms with Crippen molar-refractivity contribution >= 4 is 45.8 Å². The molecule has 10 heteroatoms. The second-order valence-electron chi connectivity index (χ2n) is 5.63. The van der Waals surface area contributed by atoms with Gasteiger partial charge in [0, 0.05) is 11.5 Å². The summed E-state index contributed by atoms with van der Waals surface area (Å²) in [6.45, 7) is 0.165. The van der Waals surface area contributed by atoms with Gasteiger partial charge in [-0.1, -0.05) is 16.8 Å². The van der Waals surface area contributed by atoms with E-state index >= 15 is 0 Å². The van der Waals surface area contributed by atoms with Crippen LogP contribution in [-0.4, -0.2) is 37.1 Å². The fraction of sp³-hybridized carbons (Fsp3) is 0.0588. The molecule has 27 heavy (non-hydrogen) atoms. The Balaban J connectivity index is 1.73. The maximum absolute atomic E-state index is 11.5. The van der Waals surface area contributed by atoms with E-state index in [1.807, 2.05) is 6.07 Å². The summed E-state index contributed by atoms with van der Waals surface area (Å²) in [7, 11) is 0. The Hall–Kier alpha value is -3.17. The van der Waals surface area contributed by atoms with E-state index in [-0.39, 0.29) is 23.2 Å². The molecule has 0 fully saturated rings. The Bertz CT molecular complexity index is 1190. The fourth-order valence-electron chi connectivity index (χ4n) is 2.69. The number of rotatable bonds is 5. The Morgan fingerprint density at radius 3 is 2.63 bits per heavy atom. The topological polar surface area (TPSA) is 118 Å². The number of carboxylic acids is 2. The normalized spacial score (nSPS) is 11.1. The molecule has 0 atom stereocenters. The fourth-order valence-corrected chi connectivity index (χ4v) is 3.68. The zero-order valence-corrected chi connectivity index (χ0v) is 15.0. The number of fused-ring (bicyclic) bond motifs is 1. The molecule has 0 saturated carbocycles. The van der Waals surface area contributed by atoms with Crippen molar-refractivity contribution in [1.82, 2.24) is 14.9 Å². The number of benzene rings is 1. The Labute approximate surface area is 160 Å². The van der Waals surface area contributed by atoms with E-state index < -0.39 is 11.9 Å². The lowest BCUT2D eigenvalue weighted by molar-refractivity contribution is 0.0681. The lowest BCUT2D eigenvalue weighted by atomic mass is 10.1. The molecule has 0 aliphatic carbocycles. The van der Waals surface area contributed by atoms with E-state index in [9.17, 15) is 14.7 Å². The van der Waals surface area contributed by atoms with Crippen LogP contribution in [-0.2, 0) is 6.54 Å². The molecule has 0 amide bonds. The van der Waals surface area contributed by atoms with E-state index in [1.165, 1.54) is 34.2 Å². The average molecular weight is 404 g/mol. The molecule has 8 nitrogen and oxygen atoms in total. The molecule has 0 aliphatic rings. The number of aromatic carboxylic acids is 2. The molecule has 3 aromatic heterocycles. The minimum Gasteiger partial charge on any atom is -0.478 e. The van der Waals surface area contributed by atoms with Crippen molar-refractivity contribution in [2.45, 2.75) is 6.54 Å². The Morgan fingerprint density at radius 1 is 1.15 bits per heavy atom. The molecule has 4 rings (SSSR count). The zero-order valence-electron chi connectivity index (χ0n) is 13.4. The van der Waals surface area contributed by atoms with Crippen LogP contribution in [0.5, 0.6) is 0 Å². The Kier molecular flexibility index (Phi) is 4.17. The number of halogens is 1. The van der Waals surface area contributed by atoms with Gasteiger partial charge in [-0.15, -0.1) is 11.3 Å². The summed E-state index contributed by atoms with van der Waals surface area (Å²) >= 11 is 7.28. The molecular weight excluding hydrogens is 394 g/mol.